The summed E-state index contributed by atoms with van der Waals surface area (Å²) in [5.41, 5.74) is 6.56. The number of hydrogen-bond donors (Lipinski definition) is 1. The molecule has 1 aliphatic rings. The van der Waals surface area contributed by atoms with E-state index in [1.54, 1.807) is 16.4 Å². The Balaban J connectivity index is 2.65. The topological polar surface area (TPSA) is 86.8 Å². The number of nitrogens with two attached hydrogens (primary N) is 1. The number of nitrogens with zero attached hydrogens (tertiary/aromatic N) is 2. The summed E-state index contributed by atoms with van der Waals surface area (Å²) in [6, 6.07) is 0.00255. The van der Waals surface area contributed by atoms with Crippen molar-refractivity contribution in [1.82, 2.24) is 9.47 Å². The van der Waals surface area contributed by atoms with Gasteiger partial charge in [0.1, 0.15) is 11.4 Å². The van der Waals surface area contributed by atoms with Crippen molar-refractivity contribution in [3.63, 3.8) is 0 Å². The fraction of sp³-hybridized carbons (Fsp3) is 0.600. The fourth-order valence-electron chi connectivity index (χ4n) is 2.87. The fourth-order valence-corrected chi connectivity index (χ4v) is 2.87. The Labute approximate surface area is 130 Å². The zero-order valence-electron chi connectivity index (χ0n) is 13.7. The first-order chi connectivity index (χ1) is 10.3. The van der Waals surface area contributed by atoms with Crippen LogP contribution in [0.4, 0.5) is 5.82 Å². The monoisotopic (exact) mass is 309 g/mol. The molecular weight excluding hydrogens is 286 g/mol. The van der Waals surface area contributed by atoms with Crippen LogP contribution in [0.3, 0.4) is 0 Å². The molecule has 22 heavy (non-hydrogen) atoms. The van der Waals surface area contributed by atoms with Gasteiger partial charge in [-0.15, -0.1) is 0 Å². The molecule has 0 unspecified atom stereocenters. The second-order valence-corrected chi connectivity index (χ2v) is 5.63. The van der Waals surface area contributed by atoms with Crippen LogP contribution in [0.1, 0.15) is 54.6 Å². The summed E-state index contributed by atoms with van der Waals surface area (Å²) < 4.78 is 12.0. The van der Waals surface area contributed by atoms with Gasteiger partial charge in [-0.3, -0.25) is 4.79 Å². The summed E-state index contributed by atoms with van der Waals surface area (Å²) in [5, 5.41) is 0. The summed E-state index contributed by atoms with van der Waals surface area (Å²) in [7, 11) is 1.42. The van der Waals surface area contributed by atoms with Gasteiger partial charge in [-0.05, 0) is 27.7 Å². The van der Waals surface area contributed by atoms with E-state index in [9.17, 15) is 9.59 Å². The zero-order chi connectivity index (χ0) is 16.6. The Bertz CT molecular complexity index is 606. The van der Waals surface area contributed by atoms with Crippen LogP contribution in [0.25, 0.3) is 0 Å². The van der Waals surface area contributed by atoms with Crippen molar-refractivity contribution in [2.75, 3.05) is 26.0 Å². The molecule has 0 aromatic carbocycles. The van der Waals surface area contributed by atoms with Gasteiger partial charge in [-0.1, -0.05) is 0 Å². The first kappa shape index (κ1) is 16.2. The molecule has 2 heterocycles. The van der Waals surface area contributed by atoms with Crippen molar-refractivity contribution in [2.24, 2.45) is 0 Å². The van der Waals surface area contributed by atoms with Gasteiger partial charge in [0.15, 0.2) is 11.4 Å². The number of rotatable bonds is 4. The lowest BCUT2D eigenvalue weighted by molar-refractivity contribution is 0.0524. The van der Waals surface area contributed by atoms with E-state index < -0.39 is 5.97 Å². The molecule has 7 heteroatoms. The lowest BCUT2D eigenvalue weighted by Gasteiger charge is -2.36. The van der Waals surface area contributed by atoms with Gasteiger partial charge >= 0.3 is 5.97 Å². The van der Waals surface area contributed by atoms with Crippen molar-refractivity contribution in [1.29, 1.82) is 0 Å². The van der Waals surface area contributed by atoms with Gasteiger partial charge < -0.3 is 24.7 Å². The molecule has 1 amide bonds. The molecule has 0 bridgehead atoms. The molecule has 1 atom stereocenters. The van der Waals surface area contributed by atoms with Gasteiger partial charge in [-0.25, -0.2) is 4.79 Å². The number of carbonyl (C=O) groups excluding carboxylic acids is 2. The Hall–Kier alpha value is -2.18. The minimum absolute atomic E-state index is 0.0489. The predicted octanol–water partition coefficient (Wildman–Crippen LogP) is 1.68. The van der Waals surface area contributed by atoms with Crippen LogP contribution in [0.2, 0.25) is 0 Å². The van der Waals surface area contributed by atoms with E-state index in [4.69, 9.17) is 15.2 Å². The van der Waals surface area contributed by atoms with E-state index >= 15 is 0 Å². The van der Waals surface area contributed by atoms with Crippen LogP contribution in [-0.4, -0.2) is 47.6 Å². The third-order valence-electron chi connectivity index (χ3n) is 3.87. The normalized spacial score (nSPS) is 17.6. The van der Waals surface area contributed by atoms with Gasteiger partial charge in [0, 0.05) is 12.6 Å². The Morgan fingerprint density at radius 2 is 2.09 bits per heavy atom. The van der Waals surface area contributed by atoms with Crippen molar-refractivity contribution >= 4 is 17.7 Å². The molecule has 2 rings (SSSR count). The lowest BCUT2D eigenvalue weighted by atomic mass is 10.1. The average Bonchev–Trinajstić information content (AvgIpc) is 2.76. The Morgan fingerprint density at radius 3 is 2.59 bits per heavy atom. The van der Waals surface area contributed by atoms with Crippen LogP contribution < -0.4 is 10.5 Å². The second-order valence-electron chi connectivity index (χ2n) is 5.63. The van der Waals surface area contributed by atoms with Crippen molar-refractivity contribution in [2.45, 2.75) is 39.8 Å². The highest BCUT2D eigenvalue weighted by Gasteiger charge is 2.39. The molecule has 122 valence electrons. The van der Waals surface area contributed by atoms with E-state index in [-0.39, 0.29) is 41.7 Å². The van der Waals surface area contributed by atoms with Gasteiger partial charge in [0.2, 0.25) is 0 Å². The highest BCUT2D eigenvalue weighted by molar-refractivity contribution is 6.06. The maximum absolute atomic E-state index is 12.7. The average molecular weight is 309 g/mol. The number of aromatic nitrogens is 1. The first-order valence-electron chi connectivity index (χ1n) is 7.40. The molecule has 1 aromatic rings. The summed E-state index contributed by atoms with van der Waals surface area (Å²) in [5.74, 6) is -0.352. The summed E-state index contributed by atoms with van der Waals surface area (Å²) in [4.78, 5) is 26.7. The zero-order valence-corrected chi connectivity index (χ0v) is 13.7. The third-order valence-corrected chi connectivity index (χ3v) is 3.87. The maximum Gasteiger partial charge on any atom is 0.345 e. The summed E-state index contributed by atoms with van der Waals surface area (Å²) in [6.07, 6.45) is 0. The molecule has 0 radical (unpaired) electrons. The van der Waals surface area contributed by atoms with E-state index in [0.717, 1.165) is 0 Å². The lowest BCUT2D eigenvalue weighted by Crippen LogP contribution is -2.45. The standard InChI is InChI=1S/C15H23N3O4/c1-6-22-15(20)10-12(21-5)11-14(19)17(8(2)3)7-9(4)18(11)13(10)16/h8-9H,6-7,16H2,1-5H3/t9-/m0/s1. The van der Waals surface area contributed by atoms with E-state index in [1.807, 2.05) is 20.8 Å². The Morgan fingerprint density at radius 1 is 1.45 bits per heavy atom. The molecule has 0 saturated heterocycles. The number of fused-ring (bicyclic) bond motifs is 1. The molecule has 0 fully saturated rings. The van der Waals surface area contributed by atoms with Crippen LogP contribution in [-0.2, 0) is 4.74 Å². The largest absolute Gasteiger partial charge is 0.493 e. The van der Waals surface area contributed by atoms with Gasteiger partial charge in [0.05, 0.1) is 19.8 Å². The molecule has 1 aromatic heterocycles. The number of anilines is 1. The van der Waals surface area contributed by atoms with Gasteiger partial charge in [-0.2, -0.15) is 0 Å². The summed E-state index contributed by atoms with van der Waals surface area (Å²) in [6.45, 7) is 8.33. The number of methoxy groups -OCH3 is 1. The van der Waals surface area contributed by atoms with Crippen molar-refractivity contribution < 1.29 is 19.1 Å². The highest BCUT2D eigenvalue weighted by atomic mass is 16.5. The number of hydrogen-bond acceptors (Lipinski definition) is 5. The number of ether oxygens (including phenoxy) is 2. The van der Waals surface area contributed by atoms with E-state index in [2.05, 4.69) is 0 Å². The van der Waals surface area contributed by atoms with Crippen LogP contribution >= 0.6 is 0 Å². The van der Waals surface area contributed by atoms with Crippen molar-refractivity contribution in [3.05, 3.63) is 11.3 Å². The number of esters is 1. The summed E-state index contributed by atoms with van der Waals surface area (Å²) >= 11 is 0. The third kappa shape index (κ3) is 2.30. The number of carbonyl (C=O) groups is 2. The van der Waals surface area contributed by atoms with Crippen molar-refractivity contribution in [3.8, 4) is 5.75 Å². The predicted molar refractivity (Wildman–Crippen MR) is 82.2 cm³/mol. The van der Waals surface area contributed by atoms with Crippen LogP contribution in [0.5, 0.6) is 5.75 Å². The molecule has 0 spiro atoms. The molecular formula is C15H23N3O4. The molecule has 0 saturated carbocycles. The maximum atomic E-state index is 12.7. The molecule has 0 aliphatic carbocycles. The van der Waals surface area contributed by atoms with Crippen LogP contribution in [0, 0.1) is 0 Å². The van der Waals surface area contributed by atoms with Gasteiger partial charge in [0.25, 0.3) is 5.91 Å². The number of nitrogen functional groups attached to an aromatic ring is 1. The SMILES string of the molecule is CCOC(=O)c1c(OC)c2n(c1N)[C@@H](C)CN(C(C)C)C2=O. The van der Waals surface area contributed by atoms with Crippen LogP contribution in [0.15, 0.2) is 0 Å². The van der Waals surface area contributed by atoms with E-state index in [0.29, 0.717) is 12.2 Å². The van der Waals surface area contributed by atoms with E-state index in [1.165, 1.54) is 7.11 Å². The molecule has 7 nitrogen and oxygen atoms in total. The molecule has 2 N–H and O–H groups in total. The first-order valence-corrected chi connectivity index (χ1v) is 7.40. The highest BCUT2D eigenvalue weighted by Crippen LogP contribution is 2.39. The molecule has 1 aliphatic heterocycles. The second kappa shape index (κ2) is 5.90. The quantitative estimate of drug-likeness (QED) is 0.855. The minimum atomic E-state index is -0.574. The smallest absolute Gasteiger partial charge is 0.345 e. The number of amides is 1. The Kier molecular flexibility index (Phi) is 4.35. The minimum Gasteiger partial charge on any atom is -0.493 e.